The summed E-state index contributed by atoms with van der Waals surface area (Å²) in [5, 5.41) is 4.21. The van der Waals surface area contributed by atoms with Crippen molar-refractivity contribution in [3.63, 3.8) is 0 Å². The van der Waals surface area contributed by atoms with Crippen LogP contribution in [0.4, 0.5) is 10.2 Å². The van der Waals surface area contributed by atoms with E-state index >= 15 is 0 Å². The van der Waals surface area contributed by atoms with E-state index in [9.17, 15) is 4.39 Å². The Labute approximate surface area is 122 Å². The van der Waals surface area contributed by atoms with Gasteiger partial charge < -0.3 is 10.3 Å². The number of halogens is 1. The first-order chi connectivity index (χ1) is 10.0. The molecule has 3 rings (SSSR count). The summed E-state index contributed by atoms with van der Waals surface area (Å²) in [4.78, 5) is 12.1. The highest BCUT2D eigenvalue weighted by molar-refractivity contribution is 5.89. The zero-order valence-corrected chi connectivity index (χ0v) is 12.2. The summed E-state index contributed by atoms with van der Waals surface area (Å²) in [5.74, 6) is 0.777. The van der Waals surface area contributed by atoms with Crippen molar-refractivity contribution in [2.45, 2.75) is 26.8 Å². The van der Waals surface area contributed by atoms with Gasteiger partial charge in [-0.2, -0.15) is 0 Å². The van der Waals surface area contributed by atoms with Gasteiger partial charge in [0.2, 0.25) is 0 Å². The largest absolute Gasteiger partial charge is 0.367 e. The predicted molar refractivity (Wildman–Crippen MR) is 82.8 cm³/mol. The summed E-state index contributed by atoms with van der Waals surface area (Å²) in [7, 11) is 0. The van der Waals surface area contributed by atoms with Crippen LogP contribution in [0.5, 0.6) is 0 Å². The number of nitrogens with zero attached hydrogens (tertiary/aromatic N) is 2. The first kappa shape index (κ1) is 13.5. The fourth-order valence-corrected chi connectivity index (χ4v) is 2.29. The third-order valence-corrected chi connectivity index (χ3v) is 3.16. The van der Waals surface area contributed by atoms with Crippen LogP contribution in [0.2, 0.25) is 0 Å². The molecule has 5 heteroatoms. The van der Waals surface area contributed by atoms with E-state index in [1.54, 1.807) is 18.2 Å². The van der Waals surface area contributed by atoms with Crippen molar-refractivity contribution in [2.75, 3.05) is 5.32 Å². The minimum atomic E-state index is -0.323. The molecule has 2 aromatic heterocycles. The molecule has 0 aliphatic heterocycles. The van der Waals surface area contributed by atoms with Gasteiger partial charge in [0, 0.05) is 11.7 Å². The molecule has 3 aromatic rings. The Balaban J connectivity index is 2.22. The number of aromatic nitrogens is 3. The second-order valence-electron chi connectivity index (χ2n) is 5.39. The Morgan fingerprint density at radius 2 is 1.95 bits per heavy atom. The van der Waals surface area contributed by atoms with Crippen molar-refractivity contribution in [2.24, 2.45) is 0 Å². The lowest BCUT2D eigenvalue weighted by Gasteiger charge is -2.11. The van der Waals surface area contributed by atoms with Crippen LogP contribution < -0.4 is 5.32 Å². The zero-order chi connectivity index (χ0) is 15.0. The predicted octanol–water partition coefficient (Wildman–Crippen LogP) is 3.89. The number of nitrogens with one attached hydrogen (secondary N) is 2. The molecule has 2 heterocycles. The third-order valence-electron chi connectivity index (χ3n) is 3.16. The van der Waals surface area contributed by atoms with Gasteiger partial charge in [-0.25, -0.2) is 14.4 Å². The number of benzene rings is 1. The molecule has 21 heavy (non-hydrogen) atoms. The lowest BCUT2D eigenvalue weighted by molar-refractivity contribution is 0.630. The first-order valence-electron chi connectivity index (χ1n) is 6.93. The molecule has 0 spiro atoms. The molecule has 0 atom stereocenters. The highest BCUT2D eigenvalue weighted by Crippen LogP contribution is 2.27. The SMILES string of the molecule is Cc1cc2c(NC(C)C)nc(-c3ccccc3F)nc2[nH]1. The highest BCUT2D eigenvalue weighted by atomic mass is 19.1. The van der Waals surface area contributed by atoms with Crippen molar-refractivity contribution in [3.05, 3.63) is 41.8 Å². The summed E-state index contributed by atoms with van der Waals surface area (Å²) in [6.07, 6.45) is 0. The summed E-state index contributed by atoms with van der Waals surface area (Å²) in [6, 6.07) is 8.76. The molecule has 108 valence electrons. The van der Waals surface area contributed by atoms with Crippen LogP contribution >= 0.6 is 0 Å². The summed E-state index contributed by atoms with van der Waals surface area (Å²) in [6.45, 7) is 6.04. The number of rotatable bonds is 3. The second-order valence-corrected chi connectivity index (χ2v) is 5.39. The Hall–Kier alpha value is -2.43. The average Bonchev–Trinajstić information content (AvgIpc) is 2.79. The van der Waals surface area contributed by atoms with Gasteiger partial charge in [0.05, 0.1) is 10.9 Å². The maximum absolute atomic E-state index is 14.0. The molecule has 1 aromatic carbocycles. The molecule has 4 nitrogen and oxygen atoms in total. The first-order valence-corrected chi connectivity index (χ1v) is 6.93. The summed E-state index contributed by atoms with van der Waals surface area (Å²) >= 11 is 0. The van der Waals surface area contributed by atoms with Crippen LogP contribution in [-0.4, -0.2) is 21.0 Å². The van der Waals surface area contributed by atoms with Crippen LogP contribution in [-0.2, 0) is 0 Å². The van der Waals surface area contributed by atoms with Gasteiger partial charge >= 0.3 is 0 Å². The fraction of sp³-hybridized carbons (Fsp3) is 0.250. The van der Waals surface area contributed by atoms with Gasteiger partial charge in [-0.15, -0.1) is 0 Å². The number of hydrogen-bond donors (Lipinski definition) is 2. The number of anilines is 1. The number of aromatic amines is 1. The molecule has 0 radical (unpaired) electrons. The van der Waals surface area contributed by atoms with Gasteiger partial charge in [0.15, 0.2) is 5.82 Å². The number of fused-ring (bicyclic) bond motifs is 1. The molecule has 0 fully saturated rings. The molecule has 0 unspecified atom stereocenters. The van der Waals surface area contributed by atoms with Crippen molar-refractivity contribution < 1.29 is 4.39 Å². The van der Waals surface area contributed by atoms with E-state index in [0.29, 0.717) is 17.0 Å². The topological polar surface area (TPSA) is 53.6 Å². The third kappa shape index (κ3) is 2.59. The summed E-state index contributed by atoms with van der Waals surface area (Å²) < 4.78 is 14.0. The molecular weight excluding hydrogens is 267 g/mol. The van der Waals surface area contributed by atoms with E-state index in [-0.39, 0.29) is 11.9 Å². The minimum Gasteiger partial charge on any atom is -0.367 e. The van der Waals surface area contributed by atoms with Crippen molar-refractivity contribution in [1.82, 2.24) is 15.0 Å². The minimum absolute atomic E-state index is 0.228. The van der Waals surface area contributed by atoms with Gasteiger partial charge in [-0.05, 0) is 39.0 Å². The van der Waals surface area contributed by atoms with Gasteiger partial charge in [-0.3, -0.25) is 0 Å². The van der Waals surface area contributed by atoms with Gasteiger partial charge in [0.25, 0.3) is 0 Å². The van der Waals surface area contributed by atoms with Crippen LogP contribution in [0, 0.1) is 12.7 Å². The molecule has 0 bridgehead atoms. The van der Waals surface area contributed by atoms with E-state index in [4.69, 9.17) is 0 Å². The average molecular weight is 284 g/mol. The van der Waals surface area contributed by atoms with E-state index in [1.165, 1.54) is 6.07 Å². The molecule has 0 saturated heterocycles. The van der Waals surface area contributed by atoms with E-state index in [0.717, 1.165) is 16.9 Å². The lowest BCUT2D eigenvalue weighted by Crippen LogP contribution is -2.12. The van der Waals surface area contributed by atoms with E-state index < -0.39 is 0 Å². The zero-order valence-electron chi connectivity index (χ0n) is 12.2. The normalized spacial score (nSPS) is 11.3. The smallest absolute Gasteiger partial charge is 0.166 e. The molecule has 0 aliphatic rings. The fourth-order valence-electron chi connectivity index (χ4n) is 2.29. The van der Waals surface area contributed by atoms with E-state index in [1.807, 2.05) is 26.8 Å². The lowest BCUT2D eigenvalue weighted by atomic mass is 10.2. The van der Waals surface area contributed by atoms with Crippen molar-refractivity contribution in [3.8, 4) is 11.4 Å². The molecular formula is C16H17FN4. The molecule has 0 saturated carbocycles. The number of aryl methyl sites for hydroxylation is 1. The standard InChI is InChI=1S/C16H17FN4/c1-9(2)18-15-12-8-10(3)19-16(12)21-14(20-15)11-6-4-5-7-13(11)17/h4-9H,1-3H3,(H2,18,19,20,21). The number of H-pyrrole nitrogens is 1. The maximum atomic E-state index is 14.0. The van der Waals surface area contributed by atoms with Crippen LogP contribution in [0.15, 0.2) is 30.3 Å². The summed E-state index contributed by atoms with van der Waals surface area (Å²) in [5.41, 5.74) is 2.11. The van der Waals surface area contributed by atoms with Crippen LogP contribution in [0.1, 0.15) is 19.5 Å². The van der Waals surface area contributed by atoms with Crippen LogP contribution in [0.25, 0.3) is 22.4 Å². The second kappa shape index (κ2) is 5.16. The Bertz CT molecular complexity index is 792. The molecule has 2 N–H and O–H groups in total. The van der Waals surface area contributed by atoms with Crippen molar-refractivity contribution >= 4 is 16.9 Å². The Morgan fingerprint density at radius 3 is 2.67 bits per heavy atom. The van der Waals surface area contributed by atoms with Crippen LogP contribution in [0.3, 0.4) is 0 Å². The molecule has 0 amide bonds. The quantitative estimate of drug-likeness (QED) is 0.767. The van der Waals surface area contributed by atoms with E-state index in [2.05, 4.69) is 20.3 Å². The maximum Gasteiger partial charge on any atom is 0.166 e. The Morgan fingerprint density at radius 1 is 1.19 bits per heavy atom. The van der Waals surface area contributed by atoms with Gasteiger partial charge in [-0.1, -0.05) is 12.1 Å². The van der Waals surface area contributed by atoms with Gasteiger partial charge in [0.1, 0.15) is 17.3 Å². The highest BCUT2D eigenvalue weighted by Gasteiger charge is 2.14. The van der Waals surface area contributed by atoms with Crippen molar-refractivity contribution in [1.29, 1.82) is 0 Å². The monoisotopic (exact) mass is 284 g/mol. The molecule has 0 aliphatic carbocycles. The Kier molecular flexibility index (Phi) is 3.33. The number of hydrogen-bond acceptors (Lipinski definition) is 3.